The zero-order chi connectivity index (χ0) is 35.3. The number of nitrogens with one attached hydrogen (secondary N) is 2. The molecule has 2 atom stereocenters. The summed E-state index contributed by atoms with van der Waals surface area (Å²) in [7, 11) is 0. The SMILES string of the molecule is C=C1C[C@H](CN(CCC)C(=C)CC(C)CC)Nc2nc(CCC34CCCN3CCC4)nc3c(F)c(-c4c(Cl)c(C)cc5[nH]ncc45)c(F)c1c23. The van der Waals surface area contributed by atoms with Crippen LogP contribution >= 0.6 is 11.6 Å². The van der Waals surface area contributed by atoms with Gasteiger partial charge in [0.2, 0.25) is 0 Å². The van der Waals surface area contributed by atoms with Gasteiger partial charge in [-0.15, -0.1) is 0 Å². The monoisotopic (exact) mass is 701 g/mol. The second-order valence-electron chi connectivity index (χ2n) is 15.1. The summed E-state index contributed by atoms with van der Waals surface area (Å²) in [6.07, 6.45) is 11.2. The third kappa shape index (κ3) is 6.08. The van der Waals surface area contributed by atoms with Crippen molar-refractivity contribution in [3.8, 4) is 11.1 Å². The maximum atomic E-state index is 17.3. The van der Waals surface area contributed by atoms with E-state index < -0.39 is 11.6 Å². The largest absolute Gasteiger partial charge is 0.373 e. The van der Waals surface area contributed by atoms with Crippen LogP contribution in [0.25, 0.3) is 38.5 Å². The Bertz CT molecular complexity index is 1960. The van der Waals surface area contributed by atoms with Crippen molar-refractivity contribution >= 4 is 44.8 Å². The molecule has 2 fully saturated rings. The van der Waals surface area contributed by atoms with Gasteiger partial charge in [0.05, 0.1) is 27.7 Å². The number of halogens is 3. The van der Waals surface area contributed by atoms with Gasteiger partial charge >= 0.3 is 0 Å². The van der Waals surface area contributed by atoms with Crippen molar-refractivity contribution in [2.24, 2.45) is 5.92 Å². The minimum atomic E-state index is -0.745. The van der Waals surface area contributed by atoms with E-state index in [1.807, 2.05) is 13.0 Å². The third-order valence-corrected chi connectivity index (χ3v) is 12.1. The lowest BCUT2D eigenvalue weighted by Crippen LogP contribution is -2.38. The normalized spacial score (nSPS) is 19.2. The molecule has 266 valence electrons. The van der Waals surface area contributed by atoms with Crippen molar-refractivity contribution in [2.45, 2.75) is 103 Å². The smallest absolute Gasteiger partial charge is 0.160 e. The van der Waals surface area contributed by atoms with E-state index in [1.54, 1.807) is 6.20 Å². The Morgan fingerprint density at radius 1 is 1.14 bits per heavy atom. The molecule has 1 unspecified atom stereocenters. The predicted molar refractivity (Wildman–Crippen MR) is 202 cm³/mol. The fourth-order valence-corrected chi connectivity index (χ4v) is 9.14. The minimum Gasteiger partial charge on any atom is -0.373 e. The van der Waals surface area contributed by atoms with Gasteiger partial charge in [-0.3, -0.25) is 10.00 Å². The standard InChI is InChI=1S/C40H50ClF2N7/c1-7-15-49(26(6)18-23(3)8-2)22-27-19-24(4)31-34-38(37(43)33(36(31)42)32-28-21-44-48-29(28)20-25(5)35(32)41)46-30(47-39(34)45-27)11-14-40-12-9-16-50(40)17-10-13-40/h20-21,23,27H,4,6-19,22H2,1-3,5H3,(H,44,48)(H,45,46,47)/t23?,27-/m1/s1. The van der Waals surface area contributed by atoms with Crippen LogP contribution in [-0.4, -0.2) is 67.7 Å². The Kier molecular flexibility index (Phi) is 9.67. The van der Waals surface area contributed by atoms with E-state index in [0.29, 0.717) is 64.4 Å². The maximum absolute atomic E-state index is 17.3. The van der Waals surface area contributed by atoms with Crippen LogP contribution in [0.2, 0.25) is 5.02 Å². The third-order valence-electron chi connectivity index (χ3n) is 11.7. The molecule has 0 spiro atoms. The highest BCUT2D eigenvalue weighted by Crippen LogP contribution is 2.47. The Labute approximate surface area is 299 Å². The molecule has 2 aromatic heterocycles. The molecule has 0 aliphatic carbocycles. The van der Waals surface area contributed by atoms with Gasteiger partial charge in [-0.1, -0.05) is 52.0 Å². The first-order chi connectivity index (χ1) is 24.0. The Hall–Kier alpha value is -3.56. The number of fused-ring (bicyclic) bond motifs is 2. The van der Waals surface area contributed by atoms with Crippen molar-refractivity contribution in [3.63, 3.8) is 0 Å². The van der Waals surface area contributed by atoms with Crippen molar-refractivity contribution in [2.75, 3.05) is 31.5 Å². The zero-order valence-electron chi connectivity index (χ0n) is 30.0. The molecule has 10 heteroatoms. The van der Waals surface area contributed by atoms with E-state index in [2.05, 4.69) is 59.2 Å². The second-order valence-corrected chi connectivity index (χ2v) is 15.5. The molecular weight excluding hydrogens is 652 g/mol. The first-order valence-electron chi connectivity index (χ1n) is 18.5. The van der Waals surface area contributed by atoms with Crippen molar-refractivity contribution in [1.29, 1.82) is 0 Å². The summed E-state index contributed by atoms with van der Waals surface area (Å²) in [4.78, 5) is 14.9. The summed E-state index contributed by atoms with van der Waals surface area (Å²) < 4.78 is 34.5. The number of aryl methyl sites for hydroxylation is 2. The summed E-state index contributed by atoms with van der Waals surface area (Å²) in [6.45, 7) is 21.1. The molecular formula is C40H50ClF2N7. The Balaban J connectivity index is 1.37. The zero-order valence-corrected chi connectivity index (χ0v) is 30.7. The van der Waals surface area contributed by atoms with Gasteiger partial charge in [0.15, 0.2) is 5.82 Å². The molecule has 2 saturated heterocycles. The van der Waals surface area contributed by atoms with Gasteiger partial charge in [-0.25, -0.2) is 18.7 Å². The predicted octanol–water partition coefficient (Wildman–Crippen LogP) is 9.83. The van der Waals surface area contributed by atoms with Crippen molar-refractivity contribution < 1.29 is 8.78 Å². The molecule has 7 nitrogen and oxygen atoms in total. The Morgan fingerprint density at radius 2 is 1.90 bits per heavy atom. The molecule has 2 N–H and O–H groups in total. The van der Waals surface area contributed by atoms with Crippen LogP contribution in [0.15, 0.2) is 31.1 Å². The molecule has 0 saturated carbocycles. The number of hydrogen-bond donors (Lipinski definition) is 2. The number of nitrogens with zero attached hydrogens (tertiary/aromatic N) is 5. The topological polar surface area (TPSA) is 73.0 Å². The second kappa shape index (κ2) is 13.9. The van der Waals surface area contributed by atoms with E-state index >= 15 is 8.78 Å². The molecule has 0 bridgehead atoms. The van der Waals surface area contributed by atoms with E-state index in [9.17, 15) is 0 Å². The van der Waals surface area contributed by atoms with Crippen LogP contribution in [0, 0.1) is 24.5 Å². The molecule has 3 aliphatic heterocycles. The number of aromatic amines is 1. The van der Waals surface area contributed by atoms with Crippen molar-refractivity contribution in [1.82, 2.24) is 30.0 Å². The molecule has 0 radical (unpaired) electrons. The average Bonchev–Trinajstić information content (AvgIpc) is 3.79. The summed E-state index contributed by atoms with van der Waals surface area (Å²) in [5.74, 6) is 0.108. The number of H-pyrrole nitrogens is 1. The number of rotatable bonds is 12. The van der Waals surface area contributed by atoms with Gasteiger partial charge in [0.25, 0.3) is 0 Å². The summed E-state index contributed by atoms with van der Waals surface area (Å²) >= 11 is 6.90. The van der Waals surface area contributed by atoms with E-state index in [4.69, 9.17) is 21.6 Å². The first kappa shape index (κ1) is 34.9. The summed E-state index contributed by atoms with van der Waals surface area (Å²) in [5, 5.41) is 12.0. The highest BCUT2D eigenvalue weighted by atomic mass is 35.5. The fraction of sp³-hybridized carbons (Fsp3) is 0.525. The Morgan fingerprint density at radius 3 is 2.62 bits per heavy atom. The van der Waals surface area contributed by atoms with Gasteiger partial charge in [-0.05, 0) is 94.5 Å². The molecule has 7 rings (SSSR count). The van der Waals surface area contributed by atoms with Gasteiger partial charge in [0.1, 0.15) is 23.0 Å². The molecule has 50 heavy (non-hydrogen) atoms. The van der Waals surface area contributed by atoms with Crippen LogP contribution in [0.3, 0.4) is 0 Å². The summed E-state index contributed by atoms with van der Waals surface area (Å²) in [5.41, 5.74) is 3.59. The van der Waals surface area contributed by atoms with Crippen LogP contribution in [0.4, 0.5) is 14.6 Å². The van der Waals surface area contributed by atoms with Crippen LogP contribution in [-0.2, 0) is 6.42 Å². The quantitative estimate of drug-likeness (QED) is 0.153. The molecule has 3 aliphatic rings. The molecule has 5 heterocycles. The lowest BCUT2D eigenvalue weighted by atomic mass is 9.88. The fourth-order valence-electron chi connectivity index (χ4n) is 8.89. The van der Waals surface area contributed by atoms with Gasteiger partial charge in [-0.2, -0.15) is 5.10 Å². The number of allylic oxidation sites excluding steroid dienone is 1. The highest BCUT2D eigenvalue weighted by molar-refractivity contribution is 6.36. The van der Waals surface area contributed by atoms with E-state index in [-0.39, 0.29) is 38.8 Å². The number of aromatic nitrogens is 4. The molecule has 4 aromatic rings. The summed E-state index contributed by atoms with van der Waals surface area (Å²) in [6, 6.07) is 1.69. The van der Waals surface area contributed by atoms with Gasteiger partial charge in [0, 0.05) is 53.3 Å². The van der Waals surface area contributed by atoms with Crippen LogP contribution in [0.1, 0.15) is 95.5 Å². The highest BCUT2D eigenvalue weighted by Gasteiger charge is 2.44. The maximum Gasteiger partial charge on any atom is 0.160 e. The minimum absolute atomic E-state index is 0.0960. The van der Waals surface area contributed by atoms with Crippen LogP contribution in [0.5, 0.6) is 0 Å². The number of anilines is 1. The average molecular weight is 702 g/mol. The number of hydrogen-bond acceptors (Lipinski definition) is 6. The van der Waals surface area contributed by atoms with Crippen molar-refractivity contribution in [3.05, 3.63) is 64.7 Å². The van der Waals surface area contributed by atoms with Gasteiger partial charge < -0.3 is 10.2 Å². The molecule has 0 amide bonds. The van der Waals surface area contributed by atoms with Crippen LogP contribution < -0.4 is 5.32 Å². The van der Waals surface area contributed by atoms with E-state index in [1.165, 1.54) is 25.7 Å². The van der Waals surface area contributed by atoms with E-state index in [0.717, 1.165) is 51.0 Å². The first-order valence-corrected chi connectivity index (χ1v) is 18.9. The molecule has 2 aromatic carbocycles. The number of benzene rings is 2. The lowest BCUT2D eigenvalue weighted by Gasteiger charge is -2.32. The lowest BCUT2D eigenvalue weighted by molar-refractivity contribution is 0.182.